The van der Waals surface area contributed by atoms with Gasteiger partial charge in [0.15, 0.2) is 5.78 Å². The van der Waals surface area contributed by atoms with Crippen molar-refractivity contribution in [3.8, 4) is 5.75 Å². The number of nitrogens with two attached hydrogens (primary N) is 1. The van der Waals surface area contributed by atoms with Crippen LogP contribution in [0.5, 0.6) is 5.75 Å². The fraction of sp³-hybridized carbons (Fsp3) is 0.556. The molecule has 1 heterocycles. The van der Waals surface area contributed by atoms with Gasteiger partial charge in [-0.15, -0.1) is 0 Å². The molecule has 0 radical (unpaired) electrons. The Bertz CT molecular complexity index is 573. The summed E-state index contributed by atoms with van der Waals surface area (Å²) in [6.45, 7) is 6.30. The molecule has 1 saturated heterocycles. The number of amides is 1. The molecule has 2 rings (SSSR count). The summed E-state index contributed by atoms with van der Waals surface area (Å²) >= 11 is 0. The number of carbonyl (C=O) groups is 2. The van der Waals surface area contributed by atoms with Crippen molar-refractivity contribution in [1.82, 2.24) is 4.90 Å². The smallest absolute Gasteiger partial charge is 0.222 e. The molecule has 1 aromatic rings. The van der Waals surface area contributed by atoms with E-state index in [0.29, 0.717) is 37.3 Å². The zero-order chi connectivity index (χ0) is 16.9. The lowest BCUT2D eigenvalue weighted by Gasteiger charge is -2.22. The third kappa shape index (κ3) is 4.79. The number of ether oxygens (including phenoxy) is 1. The molecule has 126 valence electrons. The average molecular weight is 318 g/mol. The van der Waals surface area contributed by atoms with Crippen molar-refractivity contribution in [3.05, 3.63) is 29.8 Å². The first-order chi connectivity index (χ1) is 10.9. The number of benzene rings is 1. The molecule has 1 aliphatic heterocycles. The molecule has 0 bridgehead atoms. The number of hydrogen-bond acceptors (Lipinski definition) is 4. The number of Topliss-reactive ketones (excluding diaryl/α,β-unsaturated/α-hetero) is 1. The second-order valence-corrected chi connectivity index (χ2v) is 6.62. The number of likely N-dealkylation sites (tertiary alicyclic amines) is 1. The van der Waals surface area contributed by atoms with Gasteiger partial charge in [-0.25, -0.2) is 0 Å². The summed E-state index contributed by atoms with van der Waals surface area (Å²) in [5, 5.41) is 0. The lowest BCUT2D eigenvalue weighted by Crippen LogP contribution is -2.34. The van der Waals surface area contributed by atoms with Crippen LogP contribution < -0.4 is 10.5 Å². The Morgan fingerprint density at radius 2 is 2.17 bits per heavy atom. The van der Waals surface area contributed by atoms with Crippen LogP contribution in [0.4, 0.5) is 0 Å². The lowest BCUT2D eigenvalue weighted by atomic mass is 9.90. The van der Waals surface area contributed by atoms with Crippen molar-refractivity contribution >= 4 is 11.7 Å². The fourth-order valence-corrected chi connectivity index (χ4v) is 2.78. The molecule has 1 amide bonds. The monoisotopic (exact) mass is 318 g/mol. The van der Waals surface area contributed by atoms with E-state index < -0.39 is 0 Å². The van der Waals surface area contributed by atoms with E-state index in [9.17, 15) is 9.59 Å². The van der Waals surface area contributed by atoms with Gasteiger partial charge >= 0.3 is 0 Å². The lowest BCUT2D eigenvalue weighted by molar-refractivity contribution is -0.130. The minimum atomic E-state index is 0.0163. The van der Waals surface area contributed by atoms with Crippen LogP contribution in [0.15, 0.2) is 24.3 Å². The third-order valence-corrected chi connectivity index (χ3v) is 4.45. The van der Waals surface area contributed by atoms with Crippen LogP contribution in [-0.4, -0.2) is 42.8 Å². The first kappa shape index (κ1) is 17.5. The van der Waals surface area contributed by atoms with Gasteiger partial charge in [-0.2, -0.15) is 0 Å². The van der Waals surface area contributed by atoms with Gasteiger partial charge in [0, 0.05) is 25.1 Å². The first-order valence-corrected chi connectivity index (χ1v) is 8.15. The maximum Gasteiger partial charge on any atom is 0.222 e. The highest BCUT2D eigenvalue weighted by Crippen LogP contribution is 2.28. The van der Waals surface area contributed by atoms with Crippen LogP contribution in [0, 0.1) is 5.41 Å². The van der Waals surface area contributed by atoms with E-state index in [4.69, 9.17) is 10.5 Å². The number of ketones is 1. The minimum Gasteiger partial charge on any atom is -0.494 e. The Morgan fingerprint density at radius 3 is 2.83 bits per heavy atom. The molecule has 0 saturated carbocycles. The molecule has 1 fully saturated rings. The Hall–Kier alpha value is -1.88. The highest BCUT2D eigenvalue weighted by atomic mass is 16.5. The summed E-state index contributed by atoms with van der Waals surface area (Å²) in [5.41, 5.74) is 6.47. The van der Waals surface area contributed by atoms with Crippen molar-refractivity contribution in [2.75, 3.05) is 26.2 Å². The van der Waals surface area contributed by atoms with Crippen molar-refractivity contribution < 1.29 is 14.3 Å². The van der Waals surface area contributed by atoms with E-state index in [1.165, 1.54) is 6.92 Å². The van der Waals surface area contributed by atoms with Gasteiger partial charge in [0.25, 0.3) is 0 Å². The molecule has 5 nitrogen and oxygen atoms in total. The zero-order valence-corrected chi connectivity index (χ0v) is 14.0. The van der Waals surface area contributed by atoms with Crippen LogP contribution >= 0.6 is 0 Å². The maximum absolute atomic E-state index is 12.2. The van der Waals surface area contributed by atoms with Crippen LogP contribution in [0.2, 0.25) is 0 Å². The molecule has 0 aliphatic carbocycles. The van der Waals surface area contributed by atoms with Crippen molar-refractivity contribution in [2.45, 2.75) is 33.1 Å². The highest BCUT2D eigenvalue weighted by Gasteiger charge is 2.34. The van der Waals surface area contributed by atoms with Crippen molar-refractivity contribution in [1.29, 1.82) is 0 Å². The topological polar surface area (TPSA) is 72.6 Å². The molecule has 0 aromatic heterocycles. The quantitative estimate of drug-likeness (QED) is 0.618. The summed E-state index contributed by atoms with van der Waals surface area (Å²) in [5.74, 6) is 0.855. The molecule has 2 N–H and O–H groups in total. The minimum absolute atomic E-state index is 0.0163. The second-order valence-electron chi connectivity index (χ2n) is 6.62. The SMILES string of the molecule is CC(=O)c1cccc(OCCCC(=O)N2CCC(C)(CN)C2)c1. The summed E-state index contributed by atoms with van der Waals surface area (Å²) in [6.07, 6.45) is 2.12. The molecule has 1 aromatic carbocycles. The number of rotatable bonds is 7. The van der Waals surface area contributed by atoms with E-state index in [2.05, 4.69) is 6.92 Å². The van der Waals surface area contributed by atoms with Crippen molar-refractivity contribution in [2.24, 2.45) is 11.1 Å². The van der Waals surface area contributed by atoms with Gasteiger partial charge in [-0.3, -0.25) is 9.59 Å². The normalized spacial score (nSPS) is 20.6. The van der Waals surface area contributed by atoms with Crippen molar-refractivity contribution in [3.63, 3.8) is 0 Å². The molecule has 1 atom stereocenters. The van der Waals surface area contributed by atoms with Crippen LogP contribution in [-0.2, 0) is 4.79 Å². The van der Waals surface area contributed by atoms with E-state index >= 15 is 0 Å². The van der Waals surface area contributed by atoms with Gasteiger partial charge in [0.2, 0.25) is 5.91 Å². The van der Waals surface area contributed by atoms with Crippen LogP contribution in [0.1, 0.15) is 43.5 Å². The number of nitrogens with zero attached hydrogens (tertiary/aromatic N) is 1. The van der Waals surface area contributed by atoms with Gasteiger partial charge in [0.05, 0.1) is 6.61 Å². The summed E-state index contributed by atoms with van der Waals surface area (Å²) < 4.78 is 5.63. The first-order valence-electron chi connectivity index (χ1n) is 8.15. The van der Waals surface area contributed by atoms with E-state index in [1.807, 2.05) is 11.0 Å². The standard InChI is InChI=1S/C18H26N2O3/c1-14(21)15-5-3-6-16(11-15)23-10-4-7-17(22)20-9-8-18(2,12-19)13-20/h3,5-6,11H,4,7-10,12-13,19H2,1-2H3. The molecule has 0 spiro atoms. The largest absolute Gasteiger partial charge is 0.494 e. The highest BCUT2D eigenvalue weighted by molar-refractivity contribution is 5.94. The molecule has 23 heavy (non-hydrogen) atoms. The molecule has 1 aliphatic rings. The van der Waals surface area contributed by atoms with Gasteiger partial charge in [-0.1, -0.05) is 19.1 Å². The Morgan fingerprint density at radius 1 is 1.39 bits per heavy atom. The number of hydrogen-bond donors (Lipinski definition) is 1. The summed E-state index contributed by atoms with van der Waals surface area (Å²) in [6, 6.07) is 7.12. The predicted molar refractivity (Wildman–Crippen MR) is 89.5 cm³/mol. The molecular formula is C18H26N2O3. The molecule has 5 heteroatoms. The Labute approximate surface area is 137 Å². The fourth-order valence-electron chi connectivity index (χ4n) is 2.78. The predicted octanol–water partition coefficient (Wildman–Crippen LogP) is 2.25. The average Bonchev–Trinajstić information content (AvgIpc) is 2.95. The zero-order valence-electron chi connectivity index (χ0n) is 14.0. The molecule has 1 unspecified atom stereocenters. The van der Waals surface area contributed by atoms with Crippen LogP contribution in [0.25, 0.3) is 0 Å². The van der Waals surface area contributed by atoms with E-state index in [1.54, 1.807) is 18.2 Å². The Balaban J connectivity index is 1.72. The Kier molecular flexibility index (Phi) is 5.77. The van der Waals surface area contributed by atoms with E-state index in [0.717, 1.165) is 19.5 Å². The van der Waals surface area contributed by atoms with Crippen LogP contribution in [0.3, 0.4) is 0 Å². The third-order valence-electron chi connectivity index (χ3n) is 4.45. The molecular weight excluding hydrogens is 292 g/mol. The van der Waals surface area contributed by atoms with Gasteiger partial charge < -0.3 is 15.4 Å². The maximum atomic E-state index is 12.2. The second kappa shape index (κ2) is 7.59. The summed E-state index contributed by atoms with van der Waals surface area (Å²) in [7, 11) is 0. The number of carbonyl (C=O) groups excluding carboxylic acids is 2. The van der Waals surface area contributed by atoms with E-state index in [-0.39, 0.29) is 17.1 Å². The van der Waals surface area contributed by atoms with Gasteiger partial charge in [-0.05, 0) is 43.9 Å². The van der Waals surface area contributed by atoms with Gasteiger partial charge in [0.1, 0.15) is 5.75 Å². The summed E-state index contributed by atoms with van der Waals surface area (Å²) in [4.78, 5) is 25.4.